The molecule has 1 aliphatic rings. The van der Waals surface area contributed by atoms with Gasteiger partial charge in [-0.2, -0.15) is 0 Å². The Morgan fingerprint density at radius 1 is 1.21 bits per heavy atom. The second-order valence-electron chi connectivity index (χ2n) is 4.97. The van der Waals surface area contributed by atoms with E-state index in [1.807, 2.05) is 7.05 Å². The Morgan fingerprint density at radius 3 is 2.47 bits per heavy atom. The number of nitrogens with one attached hydrogen (secondary N) is 2. The maximum atomic E-state index is 13.4. The molecule has 0 radical (unpaired) electrons. The number of nitrogens with zero attached hydrogens (tertiary/aromatic N) is 1. The van der Waals surface area contributed by atoms with Gasteiger partial charge in [0.1, 0.15) is 0 Å². The van der Waals surface area contributed by atoms with Crippen LogP contribution >= 0.6 is 0 Å². The minimum Gasteiger partial charge on any atom is -0.314 e. The summed E-state index contributed by atoms with van der Waals surface area (Å²) in [6, 6.07) is 4.36. The first-order valence-corrected chi connectivity index (χ1v) is 6.70. The lowest BCUT2D eigenvalue weighted by Gasteiger charge is -2.37. The molecule has 0 bridgehead atoms. The average molecular weight is 269 g/mol. The molecule has 2 unspecified atom stereocenters. The molecule has 0 aromatic heterocycles. The van der Waals surface area contributed by atoms with Crippen molar-refractivity contribution in [1.82, 2.24) is 15.5 Å². The van der Waals surface area contributed by atoms with Crippen LogP contribution in [0.25, 0.3) is 0 Å². The molecule has 0 aliphatic carbocycles. The van der Waals surface area contributed by atoms with Crippen molar-refractivity contribution in [2.75, 3.05) is 33.2 Å². The first-order valence-electron chi connectivity index (χ1n) is 6.70. The van der Waals surface area contributed by atoms with E-state index in [2.05, 4.69) is 22.5 Å². The van der Waals surface area contributed by atoms with Gasteiger partial charge in [0, 0.05) is 38.3 Å². The maximum absolute atomic E-state index is 13.4. The molecule has 0 spiro atoms. The zero-order valence-electron chi connectivity index (χ0n) is 11.4. The van der Waals surface area contributed by atoms with E-state index in [0.29, 0.717) is 0 Å². The third-order valence-electron chi connectivity index (χ3n) is 3.82. The molecule has 0 saturated carbocycles. The van der Waals surface area contributed by atoms with Crippen LogP contribution in [-0.4, -0.2) is 44.2 Å². The van der Waals surface area contributed by atoms with Gasteiger partial charge in [-0.25, -0.2) is 8.78 Å². The molecule has 1 aromatic rings. The Kier molecular flexibility index (Phi) is 4.85. The highest BCUT2D eigenvalue weighted by Crippen LogP contribution is 2.22. The summed E-state index contributed by atoms with van der Waals surface area (Å²) in [5.41, 5.74) is 0.785. The summed E-state index contributed by atoms with van der Waals surface area (Å²) < 4.78 is 26.4. The predicted octanol–water partition coefficient (Wildman–Crippen LogP) is 1.52. The van der Waals surface area contributed by atoms with Crippen molar-refractivity contribution in [1.29, 1.82) is 0 Å². The summed E-state index contributed by atoms with van der Waals surface area (Å²) in [5, 5.41) is 6.52. The van der Waals surface area contributed by atoms with Crippen LogP contribution in [0.5, 0.6) is 0 Å². The summed E-state index contributed by atoms with van der Waals surface area (Å²) in [4.78, 5) is 2.36. The monoisotopic (exact) mass is 269 g/mol. The fraction of sp³-hybridized carbons (Fsp3) is 0.571. The molecule has 106 valence electrons. The molecule has 1 fully saturated rings. The Bertz CT molecular complexity index is 419. The smallest absolute Gasteiger partial charge is 0.159 e. The highest BCUT2D eigenvalue weighted by atomic mass is 19.2. The summed E-state index contributed by atoms with van der Waals surface area (Å²) >= 11 is 0. The quantitative estimate of drug-likeness (QED) is 0.868. The molecule has 2 rings (SSSR count). The van der Waals surface area contributed by atoms with Crippen LogP contribution in [0.15, 0.2) is 18.2 Å². The van der Waals surface area contributed by atoms with Crippen molar-refractivity contribution in [2.24, 2.45) is 0 Å². The molecule has 0 amide bonds. The normalized spacial score (nSPS) is 20.2. The van der Waals surface area contributed by atoms with Gasteiger partial charge in [-0.3, -0.25) is 4.90 Å². The molecule has 1 aromatic carbocycles. The molecule has 3 nitrogen and oxygen atoms in total. The van der Waals surface area contributed by atoms with E-state index >= 15 is 0 Å². The molecule has 19 heavy (non-hydrogen) atoms. The number of piperazine rings is 1. The Hall–Kier alpha value is -1.04. The number of hydrogen-bond acceptors (Lipinski definition) is 3. The van der Waals surface area contributed by atoms with Crippen LogP contribution < -0.4 is 10.6 Å². The topological polar surface area (TPSA) is 27.3 Å². The predicted molar refractivity (Wildman–Crippen MR) is 72.1 cm³/mol. The lowest BCUT2D eigenvalue weighted by Crippen LogP contribution is -2.51. The fourth-order valence-electron chi connectivity index (χ4n) is 2.69. The van der Waals surface area contributed by atoms with Crippen molar-refractivity contribution in [3.05, 3.63) is 35.4 Å². The van der Waals surface area contributed by atoms with E-state index in [0.717, 1.165) is 31.7 Å². The van der Waals surface area contributed by atoms with Gasteiger partial charge < -0.3 is 10.6 Å². The van der Waals surface area contributed by atoms with Crippen LogP contribution in [0.3, 0.4) is 0 Å². The van der Waals surface area contributed by atoms with Crippen LogP contribution in [0.1, 0.15) is 18.5 Å². The minimum atomic E-state index is -0.798. The van der Waals surface area contributed by atoms with Crippen molar-refractivity contribution in [2.45, 2.75) is 19.0 Å². The van der Waals surface area contributed by atoms with Gasteiger partial charge >= 0.3 is 0 Å². The minimum absolute atomic E-state index is 0.00630. The second-order valence-corrected chi connectivity index (χ2v) is 4.97. The van der Waals surface area contributed by atoms with Crippen molar-refractivity contribution < 1.29 is 8.78 Å². The van der Waals surface area contributed by atoms with E-state index in [-0.39, 0.29) is 12.1 Å². The van der Waals surface area contributed by atoms with Crippen molar-refractivity contribution >= 4 is 0 Å². The van der Waals surface area contributed by atoms with Crippen LogP contribution in [0, 0.1) is 11.6 Å². The first kappa shape index (κ1) is 14.4. The standard InChI is InChI=1S/C14H21F2N3/c1-10(19-7-5-18-6-8-19)14(17-2)11-3-4-12(15)13(16)9-11/h3-4,9-10,14,17-18H,5-8H2,1-2H3. The van der Waals surface area contributed by atoms with Crippen molar-refractivity contribution in [3.8, 4) is 0 Å². The highest BCUT2D eigenvalue weighted by molar-refractivity contribution is 5.22. The van der Waals surface area contributed by atoms with E-state index < -0.39 is 11.6 Å². The maximum Gasteiger partial charge on any atom is 0.159 e. The summed E-state index contributed by atoms with van der Waals surface area (Å²) in [7, 11) is 1.85. The zero-order chi connectivity index (χ0) is 13.8. The van der Waals surface area contributed by atoms with Gasteiger partial charge in [0.05, 0.1) is 0 Å². The fourth-order valence-corrected chi connectivity index (χ4v) is 2.69. The molecule has 1 saturated heterocycles. The van der Waals surface area contributed by atoms with Crippen molar-refractivity contribution in [3.63, 3.8) is 0 Å². The Balaban J connectivity index is 2.15. The highest BCUT2D eigenvalue weighted by Gasteiger charge is 2.25. The summed E-state index contributed by atoms with van der Waals surface area (Å²) in [6.07, 6.45) is 0. The number of likely N-dealkylation sites (N-methyl/N-ethyl adjacent to an activating group) is 1. The van der Waals surface area contributed by atoms with Crippen LogP contribution in [0.2, 0.25) is 0 Å². The number of rotatable bonds is 4. The molecular weight excluding hydrogens is 248 g/mol. The molecular formula is C14H21F2N3. The zero-order valence-corrected chi connectivity index (χ0v) is 11.4. The van der Waals surface area contributed by atoms with Gasteiger partial charge in [0.25, 0.3) is 0 Å². The van der Waals surface area contributed by atoms with E-state index in [1.54, 1.807) is 6.07 Å². The Labute approximate surface area is 113 Å². The van der Waals surface area contributed by atoms with E-state index in [1.165, 1.54) is 12.1 Å². The van der Waals surface area contributed by atoms with E-state index in [4.69, 9.17) is 0 Å². The molecule has 1 aliphatic heterocycles. The van der Waals surface area contributed by atoms with Gasteiger partial charge in [-0.05, 0) is 31.7 Å². The SMILES string of the molecule is CNC(c1ccc(F)c(F)c1)C(C)N1CCNCC1. The molecule has 2 atom stereocenters. The van der Waals surface area contributed by atoms with Gasteiger partial charge in [-0.15, -0.1) is 0 Å². The van der Waals surface area contributed by atoms with Crippen LogP contribution in [0.4, 0.5) is 8.78 Å². The largest absolute Gasteiger partial charge is 0.314 e. The van der Waals surface area contributed by atoms with Crippen LogP contribution in [-0.2, 0) is 0 Å². The summed E-state index contributed by atoms with van der Waals surface area (Å²) in [5.74, 6) is -1.58. The van der Waals surface area contributed by atoms with Gasteiger partial charge in [0.2, 0.25) is 0 Å². The third kappa shape index (κ3) is 3.29. The summed E-state index contributed by atoms with van der Waals surface area (Å²) in [6.45, 7) is 6.01. The molecule has 1 heterocycles. The lowest BCUT2D eigenvalue weighted by molar-refractivity contribution is 0.153. The van der Waals surface area contributed by atoms with Gasteiger partial charge in [-0.1, -0.05) is 6.07 Å². The molecule has 2 N–H and O–H groups in total. The first-order chi connectivity index (χ1) is 9.13. The number of benzene rings is 1. The Morgan fingerprint density at radius 2 is 1.89 bits per heavy atom. The number of halogens is 2. The lowest BCUT2D eigenvalue weighted by atomic mass is 9.98. The number of hydrogen-bond donors (Lipinski definition) is 2. The molecule has 5 heteroatoms. The second kappa shape index (κ2) is 6.41. The average Bonchev–Trinajstić information content (AvgIpc) is 2.44. The van der Waals surface area contributed by atoms with Gasteiger partial charge in [0.15, 0.2) is 11.6 Å². The third-order valence-corrected chi connectivity index (χ3v) is 3.82. The van der Waals surface area contributed by atoms with E-state index in [9.17, 15) is 8.78 Å².